The SMILES string of the molecule is CN(C)C(=O)c1cn2c(NC(=O)CC34CC5CC5C5(CC5C3)C4)cccc2n1. The first-order valence-corrected chi connectivity index (χ1v) is 10.4. The van der Waals surface area contributed by atoms with Crippen LogP contribution < -0.4 is 5.32 Å². The van der Waals surface area contributed by atoms with E-state index in [9.17, 15) is 9.59 Å². The maximum atomic E-state index is 13.0. The smallest absolute Gasteiger partial charge is 0.273 e. The lowest BCUT2D eigenvalue weighted by molar-refractivity contribution is -0.119. The molecule has 0 aromatic carbocycles. The summed E-state index contributed by atoms with van der Waals surface area (Å²) in [5, 5.41) is 3.11. The summed E-state index contributed by atoms with van der Waals surface area (Å²) in [5.74, 6) is 3.42. The number of rotatable bonds is 4. The van der Waals surface area contributed by atoms with Gasteiger partial charge in [0.05, 0.1) is 0 Å². The van der Waals surface area contributed by atoms with Crippen LogP contribution >= 0.6 is 0 Å². The quantitative estimate of drug-likeness (QED) is 0.888. The molecule has 2 bridgehead atoms. The average molecular weight is 378 g/mol. The number of nitrogens with zero attached hydrogens (tertiary/aromatic N) is 3. The third-order valence-corrected chi connectivity index (χ3v) is 7.94. The Morgan fingerprint density at radius 2 is 2.14 bits per heavy atom. The fourth-order valence-corrected chi connectivity index (χ4v) is 6.84. The van der Waals surface area contributed by atoms with Gasteiger partial charge in [0.25, 0.3) is 5.91 Å². The van der Waals surface area contributed by atoms with E-state index in [1.165, 1.54) is 37.0 Å². The summed E-state index contributed by atoms with van der Waals surface area (Å²) >= 11 is 0. The monoisotopic (exact) mass is 378 g/mol. The Hall–Kier alpha value is -2.37. The topological polar surface area (TPSA) is 66.7 Å². The van der Waals surface area contributed by atoms with Gasteiger partial charge in [0.2, 0.25) is 5.91 Å². The van der Waals surface area contributed by atoms with Crippen molar-refractivity contribution >= 4 is 23.3 Å². The number of fused-ring (bicyclic) bond motifs is 3. The highest BCUT2D eigenvalue weighted by Gasteiger charge is 2.76. The van der Waals surface area contributed by atoms with Gasteiger partial charge in [-0.25, -0.2) is 4.98 Å². The number of pyridine rings is 1. The number of imidazole rings is 1. The van der Waals surface area contributed by atoms with Crippen molar-refractivity contribution in [2.45, 2.75) is 38.5 Å². The summed E-state index contributed by atoms with van der Waals surface area (Å²) < 4.78 is 1.80. The molecule has 4 aliphatic rings. The summed E-state index contributed by atoms with van der Waals surface area (Å²) in [7, 11) is 3.42. The predicted molar refractivity (Wildman–Crippen MR) is 105 cm³/mol. The van der Waals surface area contributed by atoms with E-state index in [4.69, 9.17) is 0 Å². The summed E-state index contributed by atoms with van der Waals surface area (Å²) in [4.78, 5) is 31.1. The maximum absolute atomic E-state index is 13.0. The largest absolute Gasteiger partial charge is 0.343 e. The third kappa shape index (κ3) is 2.23. The maximum Gasteiger partial charge on any atom is 0.273 e. The molecule has 4 fully saturated rings. The van der Waals surface area contributed by atoms with Gasteiger partial charge in [-0.3, -0.25) is 14.0 Å². The minimum Gasteiger partial charge on any atom is -0.343 e. The van der Waals surface area contributed by atoms with Crippen LogP contribution in [0.1, 0.15) is 49.0 Å². The van der Waals surface area contributed by atoms with Crippen LogP contribution in [0.3, 0.4) is 0 Å². The number of anilines is 1. The van der Waals surface area contributed by atoms with Crippen LogP contribution in [-0.4, -0.2) is 40.2 Å². The highest BCUT2D eigenvalue weighted by molar-refractivity contribution is 5.93. The molecule has 1 N–H and O–H groups in total. The second-order valence-electron chi connectivity index (χ2n) is 10.0. The molecule has 6 rings (SSSR count). The van der Waals surface area contributed by atoms with E-state index in [1.54, 1.807) is 24.7 Å². The van der Waals surface area contributed by atoms with Crippen LogP contribution in [0.4, 0.5) is 5.82 Å². The Kier molecular flexibility index (Phi) is 3.05. The fourth-order valence-electron chi connectivity index (χ4n) is 6.84. The number of hydrogen-bond donors (Lipinski definition) is 1. The van der Waals surface area contributed by atoms with E-state index in [0.29, 0.717) is 29.0 Å². The minimum atomic E-state index is -0.142. The van der Waals surface area contributed by atoms with Crippen molar-refractivity contribution in [3.8, 4) is 0 Å². The van der Waals surface area contributed by atoms with Crippen LogP contribution in [0.5, 0.6) is 0 Å². The Morgan fingerprint density at radius 1 is 1.29 bits per heavy atom. The van der Waals surface area contributed by atoms with Crippen LogP contribution in [0.2, 0.25) is 0 Å². The zero-order chi connectivity index (χ0) is 19.3. The lowest BCUT2D eigenvalue weighted by Crippen LogP contribution is -2.31. The van der Waals surface area contributed by atoms with Crippen molar-refractivity contribution < 1.29 is 9.59 Å². The van der Waals surface area contributed by atoms with Crippen molar-refractivity contribution in [1.82, 2.24) is 14.3 Å². The zero-order valence-corrected chi connectivity index (χ0v) is 16.4. The van der Waals surface area contributed by atoms with Crippen molar-refractivity contribution in [2.24, 2.45) is 28.6 Å². The van der Waals surface area contributed by atoms with Crippen LogP contribution in [-0.2, 0) is 4.79 Å². The van der Waals surface area contributed by atoms with Crippen molar-refractivity contribution in [3.63, 3.8) is 0 Å². The standard InChI is InChI=1S/C22H26N4O2/c1-25(2)20(28)16-11-26-17(23-16)4-3-5-18(26)24-19(27)10-21-7-13-6-15(13)22(12-21)9-14(22)8-21/h3-5,11,13-15H,6-10,12H2,1-2H3,(H,24,27). The molecule has 0 saturated heterocycles. The number of hydrogen-bond acceptors (Lipinski definition) is 3. The number of nitrogens with one attached hydrogen (secondary N) is 1. The van der Waals surface area contributed by atoms with Crippen LogP contribution in [0.15, 0.2) is 24.4 Å². The molecule has 4 aliphatic carbocycles. The van der Waals surface area contributed by atoms with Gasteiger partial charge >= 0.3 is 0 Å². The lowest BCUT2D eigenvalue weighted by Gasteiger charge is -2.35. The van der Waals surface area contributed by atoms with E-state index in [2.05, 4.69) is 10.3 Å². The second-order valence-corrected chi connectivity index (χ2v) is 10.0. The van der Waals surface area contributed by atoms with Gasteiger partial charge in [-0.15, -0.1) is 0 Å². The second kappa shape index (κ2) is 5.16. The molecule has 2 heterocycles. The first-order valence-electron chi connectivity index (χ1n) is 10.4. The number of carbonyl (C=O) groups is 2. The molecule has 28 heavy (non-hydrogen) atoms. The summed E-state index contributed by atoms with van der Waals surface area (Å²) in [5.41, 5.74) is 1.92. The summed E-state index contributed by atoms with van der Waals surface area (Å²) in [6.45, 7) is 0. The molecule has 2 aromatic rings. The van der Waals surface area contributed by atoms with Crippen LogP contribution in [0, 0.1) is 28.6 Å². The van der Waals surface area contributed by atoms with E-state index >= 15 is 0 Å². The van der Waals surface area contributed by atoms with Gasteiger partial charge in [0.1, 0.15) is 17.2 Å². The lowest BCUT2D eigenvalue weighted by atomic mass is 9.69. The molecule has 146 valence electrons. The molecular weight excluding hydrogens is 352 g/mol. The molecule has 2 amide bonds. The van der Waals surface area contributed by atoms with Gasteiger partial charge in [-0.1, -0.05) is 6.07 Å². The van der Waals surface area contributed by atoms with Crippen molar-refractivity contribution in [3.05, 3.63) is 30.1 Å². The highest BCUT2D eigenvalue weighted by atomic mass is 16.2. The molecule has 6 nitrogen and oxygen atoms in total. The molecule has 1 spiro atoms. The summed E-state index contributed by atoms with van der Waals surface area (Å²) in [6.07, 6.45) is 8.95. The highest BCUT2D eigenvalue weighted by Crippen LogP contribution is 2.84. The molecule has 5 unspecified atom stereocenters. The van der Waals surface area contributed by atoms with Crippen molar-refractivity contribution in [2.75, 3.05) is 19.4 Å². The Balaban J connectivity index is 1.23. The van der Waals surface area contributed by atoms with E-state index in [0.717, 1.165) is 17.8 Å². The molecule has 0 aliphatic heterocycles. The van der Waals surface area contributed by atoms with Gasteiger partial charge in [-0.2, -0.15) is 0 Å². The average Bonchev–Trinajstić information content (AvgIpc) is 3.46. The first kappa shape index (κ1) is 16.6. The Labute approximate surface area is 164 Å². The number of amides is 2. The van der Waals surface area contributed by atoms with Gasteiger partial charge in [-0.05, 0) is 72.8 Å². The third-order valence-electron chi connectivity index (χ3n) is 7.94. The normalized spacial score (nSPS) is 36.6. The molecule has 4 saturated carbocycles. The molecule has 6 heteroatoms. The number of carbonyl (C=O) groups excluding carboxylic acids is 2. The Morgan fingerprint density at radius 3 is 2.96 bits per heavy atom. The van der Waals surface area contributed by atoms with Gasteiger partial charge < -0.3 is 10.2 Å². The number of aromatic nitrogens is 2. The van der Waals surface area contributed by atoms with E-state index < -0.39 is 0 Å². The molecule has 0 radical (unpaired) electrons. The Bertz CT molecular complexity index is 1020. The van der Waals surface area contributed by atoms with Gasteiger partial charge in [0, 0.05) is 26.7 Å². The van der Waals surface area contributed by atoms with E-state index in [1.807, 2.05) is 18.2 Å². The van der Waals surface area contributed by atoms with Crippen LogP contribution in [0.25, 0.3) is 5.65 Å². The van der Waals surface area contributed by atoms with Crippen molar-refractivity contribution in [1.29, 1.82) is 0 Å². The summed E-state index contributed by atoms with van der Waals surface area (Å²) in [6, 6.07) is 5.60. The molecule has 2 aromatic heterocycles. The zero-order valence-electron chi connectivity index (χ0n) is 16.4. The fraction of sp³-hybridized carbons (Fsp3) is 0.591. The van der Waals surface area contributed by atoms with Gasteiger partial charge in [0.15, 0.2) is 0 Å². The minimum absolute atomic E-state index is 0.0947. The molecular formula is C22H26N4O2. The first-order chi connectivity index (χ1) is 13.4. The van der Waals surface area contributed by atoms with E-state index in [-0.39, 0.29) is 17.2 Å². The molecule has 5 atom stereocenters. The predicted octanol–water partition coefficient (Wildman–Crippen LogP) is 3.19.